The number of aliphatic hydroxyl groups excluding tert-OH is 1. The molecule has 2 N–H and O–H groups in total. The predicted octanol–water partition coefficient (Wildman–Crippen LogP) is 6.23. The smallest absolute Gasteiger partial charge is 0.169 e. The predicted molar refractivity (Wildman–Crippen MR) is 142 cm³/mol. The fraction of sp³-hybridized carbons (Fsp3) is 0.656. The van der Waals surface area contributed by atoms with Gasteiger partial charge in [-0.3, -0.25) is 5.41 Å². The maximum absolute atomic E-state index is 11.1. The van der Waals surface area contributed by atoms with Crippen molar-refractivity contribution in [2.45, 2.75) is 89.9 Å². The van der Waals surface area contributed by atoms with E-state index < -0.39 is 5.79 Å². The van der Waals surface area contributed by atoms with Crippen LogP contribution < -0.4 is 0 Å². The molecule has 0 radical (unpaired) electrons. The van der Waals surface area contributed by atoms with Crippen LogP contribution in [0.4, 0.5) is 0 Å². The monoisotopic (exact) mass is 487 g/mol. The van der Waals surface area contributed by atoms with Crippen molar-refractivity contribution in [3.63, 3.8) is 0 Å². The molecule has 1 aromatic carbocycles. The zero-order chi connectivity index (χ0) is 25.1. The van der Waals surface area contributed by atoms with Gasteiger partial charge in [0.15, 0.2) is 5.79 Å². The van der Waals surface area contributed by atoms with Crippen molar-refractivity contribution >= 4 is 6.21 Å². The fourth-order valence-electron chi connectivity index (χ4n) is 8.42. The molecule has 0 bridgehead atoms. The molecule has 1 saturated heterocycles. The highest BCUT2D eigenvalue weighted by atomic mass is 16.7. The number of fused-ring (bicyclic) bond motifs is 4. The Morgan fingerprint density at radius 3 is 2.47 bits per heavy atom. The highest BCUT2D eigenvalue weighted by Gasteiger charge is 2.57. The van der Waals surface area contributed by atoms with Gasteiger partial charge in [0.25, 0.3) is 0 Å². The third kappa shape index (κ3) is 3.99. The molecule has 1 spiro atoms. The Hall–Kier alpha value is -1.93. The van der Waals surface area contributed by atoms with E-state index in [-0.39, 0.29) is 16.9 Å². The van der Waals surface area contributed by atoms with Crippen LogP contribution in [-0.2, 0) is 9.47 Å². The zero-order valence-corrected chi connectivity index (χ0v) is 22.1. The van der Waals surface area contributed by atoms with Crippen LogP contribution in [0.5, 0.6) is 0 Å². The van der Waals surface area contributed by atoms with E-state index in [1.807, 2.05) is 0 Å². The van der Waals surface area contributed by atoms with E-state index >= 15 is 0 Å². The van der Waals surface area contributed by atoms with E-state index in [2.05, 4.69) is 56.9 Å². The first kappa shape index (κ1) is 24.4. The van der Waals surface area contributed by atoms with Crippen LogP contribution in [-0.4, -0.2) is 36.4 Å². The Labute approximate surface area is 216 Å². The highest BCUT2D eigenvalue weighted by Crippen LogP contribution is 2.64. The minimum absolute atomic E-state index is 0.0120. The summed E-state index contributed by atoms with van der Waals surface area (Å²) in [5.74, 6) is 7.46. The lowest BCUT2D eigenvalue weighted by molar-refractivity contribution is -0.312. The molecular weight excluding hydrogens is 446 g/mol. The maximum Gasteiger partial charge on any atom is 0.169 e. The summed E-state index contributed by atoms with van der Waals surface area (Å²) in [6.45, 7) is 8.37. The molecule has 4 nitrogen and oxygen atoms in total. The number of hydrogen-bond acceptors (Lipinski definition) is 4. The Balaban J connectivity index is 1.37. The van der Waals surface area contributed by atoms with Crippen molar-refractivity contribution in [1.82, 2.24) is 0 Å². The average molecular weight is 488 g/mol. The second-order valence-corrected chi connectivity index (χ2v) is 13.2. The second-order valence-electron chi connectivity index (χ2n) is 13.2. The molecule has 0 aromatic heterocycles. The van der Waals surface area contributed by atoms with Crippen molar-refractivity contribution < 1.29 is 14.6 Å². The van der Waals surface area contributed by atoms with Gasteiger partial charge in [0.1, 0.15) is 0 Å². The van der Waals surface area contributed by atoms with Crippen LogP contribution in [0.2, 0.25) is 0 Å². The molecule has 5 aliphatic rings. The van der Waals surface area contributed by atoms with Gasteiger partial charge in [-0.05, 0) is 79.4 Å². The van der Waals surface area contributed by atoms with Crippen molar-refractivity contribution in [3.05, 3.63) is 46.5 Å². The first-order chi connectivity index (χ1) is 17.2. The molecule has 0 amide bonds. The first-order valence-electron chi connectivity index (χ1n) is 14.0. The Bertz CT molecular complexity index is 1110. The van der Waals surface area contributed by atoms with Gasteiger partial charge in [-0.15, -0.1) is 0 Å². The molecule has 1 aliphatic heterocycles. The fourth-order valence-corrected chi connectivity index (χ4v) is 8.42. The molecule has 4 heteroatoms. The third-order valence-corrected chi connectivity index (χ3v) is 10.3. The van der Waals surface area contributed by atoms with Crippen LogP contribution in [0.3, 0.4) is 0 Å². The molecular formula is C32H41NO3. The SMILES string of the molecule is CC1(C)COC2(CCC3=C4C(CCC3C2)C2CC[C@H](O)C2(C)C[C@@H]4c2ccc(C#CC=N)cc2)OC1. The summed E-state index contributed by atoms with van der Waals surface area (Å²) >= 11 is 0. The van der Waals surface area contributed by atoms with Gasteiger partial charge < -0.3 is 14.6 Å². The van der Waals surface area contributed by atoms with Crippen LogP contribution in [0.15, 0.2) is 35.4 Å². The normalized spacial score (nSPS) is 38.4. The summed E-state index contributed by atoms with van der Waals surface area (Å²) in [7, 11) is 0. The van der Waals surface area contributed by atoms with Gasteiger partial charge in [-0.25, -0.2) is 0 Å². The summed E-state index contributed by atoms with van der Waals surface area (Å²) in [6, 6.07) is 8.70. The van der Waals surface area contributed by atoms with Crippen LogP contribution in [0.1, 0.15) is 89.2 Å². The summed E-state index contributed by atoms with van der Waals surface area (Å²) in [5.41, 5.74) is 5.78. The lowest BCUT2D eigenvalue weighted by Gasteiger charge is -2.55. The average Bonchev–Trinajstić information content (AvgIpc) is 3.18. The van der Waals surface area contributed by atoms with E-state index in [0.717, 1.165) is 63.5 Å². The van der Waals surface area contributed by atoms with Gasteiger partial charge in [0.05, 0.1) is 25.5 Å². The van der Waals surface area contributed by atoms with Gasteiger partial charge in [-0.1, -0.05) is 55.9 Å². The van der Waals surface area contributed by atoms with Gasteiger partial charge >= 0.3 is 0 Å². The van der Waals surface area contributed by atoms with Crippen molar-refractivity contribution in [2.24, 2.45) is 28.6 Å². The molecule has 4 unspecified atom stereocenters. The molecule has 192 valence electrons. The molecule has 6 atom stereocenters. The number of hydrogen-bond donors (Lipinski definition) is 2. The molecule has 1 heterocycles. The van der Waals surface area contributed by atoms with Gasteiger partial charge in [0.2, 0.25) is 0 Å². The van der Waals surface area contributed by atoms with E-state index in [1.54, 1.807) is 11.1 Å². The first-order valence-corrected chi connectivity index (χ1v) is 14.0. The molecule has 3 saturated carbocycles. The number of nitrogens with one attached hydrogen (secondary N) is 1. The summed E-state index contributed by atoms with van der Waals surface area (Å²) in [5, 5.41) is 18.3. The van der Waals surface area contributed by atoms with Crippen molar-refractivity contribution in [2.75, 3.05) is 13.2 Å². The van der Waals surface area contributed by atoms with E-state index in [9.17, 15) is 5.11 Å². The number of rotatable bonds is 1. The Morgan fingerprint density at radius 1 is 1.00 bits per heavy atom. The van der Waals surface area contributed by atoms with Crippen LogP contribution >= 0.6 is 0 Å². The quantitative estimate of drug-likeness (QED) is 0.280. The molecule has 4 fully saturated rings. The zero-order valence-electron chi connectivity index (χ0n) is 22.1. The van der Waals surface area contributed by atoms with E-state index in [0.29, 0.717) is 23.7 Å². The standard InChI is InChI=1S/C32H41NO3/c1-30(2)19-35-32(36-20-30)15-14-24-23(17-32)10-11-25-27-12-13-28(34)31(27,3)18-26(29(24)25)22-8-6-21(7-9-22)5-4-16-33/h6-9,16,23,25-28,33-34H,10-15,17-20H2,1-3H3/t23?,25?,26-,27?,28+,31?/m1/s1. The lowest BCUT2D eigenvalue weighted by atomic mass is 9.52. The van der Waals surface area contributed by atoms with E-state index in [1.165, 1.54) is 18.4 Å². The van der Waals surface area contributed by atoms with Crippen molar-refractivity contribution in [3.8, 4) is 11.8 Å². The largest absolute Gasteiger partial charge is 0.393 e. The molecule has 6 rings (SSSR count). The molecule has 36 heavy (non-hydrogen) atoms. The highest BCUT2D eigenvalue weighted by molar-refractivity contribution is 5.76. The van der Waals surface area contributed by atoms with Gasteiger partial charge in [0, 0.05) is 29.7 Å². The molecule has 1 aromatic rings. The summed E-state index contributed by atoms with van der Waals surface area (Å²) < 4.78 is 12.9. The lowest BCUT2D eigenvalue weighted by Crippen LogP contribution is -2.52. The topological polar surface area (TPSA) is 62.5 Å². The van der Waals surface area contributed by atoms with Crippen LogP contribution in [0.25, 0.3) is 0 Å². The van der Waals surface area contributed by atoms with Crippen LogP contribution in [0, 0.1) is 45.8 Å². The Morgan fingerprint density at radius 2 is 1.75 bits per heavy atom. The minimum atomic E-state index is -0.394. The maximum atomic E-state index is 11.1. The van der Waals surface area contributed by atoms with Gasteiger partial charge in [-0.2, -0.15) is 0 Å². The number of benzene rings is 1. The van der Waals surface area contributed by atoms with E-state index in [4.69, 9.17) is 14.9 Å². The summed E-state index contributed by atoms with van der Waals surface area (Å²) in [6.07, 6.45) is 9.52. The Kier molecular flexibility index (Phi) is 5.99. The second kappa shape index (κ2) is 8.83. The third-order valence-electron chi connectivity index (χ3n) is 10.3. The van der Waals surface area contributed by atoms with Crippen molar-refractivity contribution in [1.29, 1.82) is 5.41 Å². The minimum Gasteiger partial charge on any atom is -0.393 e. The molecule has 4 aliphatic carbocycles. The number of ether oxygens (including phenoxy) is 2. The summed E-state index contributed by atoms with van der Waals surface area (Å²) in [4.78, 5) is 0. The number of allylic oxidation sites excluding steroid dienone is 2. The number of aliphatic hydroxyl groups is 1.